The summed E-state index contributed by atoms with van der Waals surface area (Å²) < 4.78 is 79.6. The van der Waals surface area contributed by atoms with Crippen LogP contribution in [-0.4, -0.2) is 33.4 Å². The molecule has 11 heteroatoms. The van der Waals surface area contributed by atoms with E-state index < -0.39 is 29.7 Å². The van der Waals surface area contributed by atoms with Gasteiger partial charge in [-0.05, 0) is 56.3 Å². The first-order chi connectivity index (χ1) is 12.9. The van der Waals surface area contributed by atoms with Crippen LogP contribution in [0.4, 0.5) is 32.2 Å². The Morgan fingerprint density at radius 1 is 1.14 bits per heavy atom. The SMILES string of the molecule is Cc1cc2n(n1)[C@H](C)C[C@H](C(F)(F)F)N2C(=O)c1ccc(SC(F)(F)F)cc1. The Kier molecular flexibility index (Phi) is 5.15. The second-order valence-electron chi connectivity index (χ2n) is 6.48. The molecule has 0 saturated heterocycles. The number of halogens is 6. The standard InChI is InChI=1S/C17H15F6N3OS/c1-9-7-14-25(13(16(18,19)20)8-10(2)26(14)24-9)15(27)11-3-5-12(6-4-11)28-17(21,22)23/h3-7,10,13H,8H2,1-2H3/t10-,13-/m1/s1. The van der Waals surface area contributed by atoms with Crippen LogP contribution in [0.25, 0.3) is 0 Å². The highest BCUT2D eigenvalue weighted by Gasteiger charge is 2.50. The largest absolute Gasteiger partial charge is 0.446 e. The van der Waals surface area contributed by atoms with E-state index in [1.807, 2.05) is 0 Å². The summed E-state index contributed by atoms with van der Waals surface area (Å²) in [5.74, 6) is -0.934. The molecule has 1 aliphatic rings. The summed E-state index contributed by atoms with van der Waals surface area (Å²) in [5, 5.41) is 4.16. The van der Waals surface area contributed by atoms with Gasteiger partial charge in [-0.15, -0.1) is 0 Å². The zero-order chi connectivity index (χ0) is 20.9. The van der Waals surface area contributed by atoms with Crippen LogP contribution in [0.2, 0.25) is 0 Å². The van der Waals surface area contributed by atoms with E-state index in [0.29, 0.717) is 10.6 Å². The second kappa shape index (κ2) is 7.02. The van der Waals surface area contributed by atoms with Gasteiger partial charge in [0, 0.05) is 16.5 Å². The Morgan fingerprint density at radius 3 is 2.29 bits per heavy atom. The smallest absolute Gasteiger partial charge is 0.280 e. The van der Waals surface area contributed by atoms with Crippen LogP contribution in [-0.2, 0) is 0 Å². The van der Waals surface area contributed by atoms with Gasteiger partial charge < -0.3 is 0 Å². The lowest BCUT2D eigenvalue weighted by Gasteiger charge is -2.39. The van der Waals surface area contributed by atoms with Gasteiger partial charge in [-0.3, -0.25) is 9.69 Å². The zero-order valence-corrected chi connectivity index (χ0v) is 15.5. The number of benzene rings is 1. The van der Waals surface area contributed by atoms with Crippen molar-refractivity contribution >= 4 is 23.5 Å². The summed E-state index contributed by atoms with van der Waals surface area (Å²) in [5.41, 5.74) is -4.18. The number of alkyl halides is 6. The van der Waals surface area contributed by atoms with Gasteiger partial charge >= 0.3 is 11.7 Å². The van der Waals surface area contributed by atoms with Crippen LogP contribution in [0.15, 0.2) is 35.2 Å². The van der Waals surface area contributed by atoms with Crippen molar-refractivity contribution in [3.05, 3.63) is 41.6 Å². The van der Waals surface area contributed by atoms with Crippen molar-refractivity contribution in [1.29, 1.82) is 0 Å². The van der Waals surface area contributed by atoms with E-state index in [1.54, 1.807) is 13.8 Å². The minimum Gasteiger partial charge on any atom is -0.280 e. The number of nitrogens with zero attached hydrogens (tertiary/aromatic N) is 3. The summed E-state index contributed by atoms with van der Waals surface area (Å²) in [6.45, 7) is 3.19. The van der Waals surface area contributed by atoms with Gasteiger partial charge in [-0.2, -0.15) is 31.4 Å². The Hall–Kier alpha value is -2.17. The van der Waals surface area contributed by atoms with Gasteiger partial charge in [0.1, 0.15) is 11.9 Å². The number of thioether (sulfide) groups is 1. The number of fused-ring (bicyclic) bond motifs is 1. The molecular weight excluding hydrogens is 408 g/mol. The first kappa shape index (κ1) is 20.6. The number of aryl methyl sites for hydroxylation is 1. The zero-order valence-electron chi connectivity index (χ0n) is 14.7. The second-order valence-corrected chi connectivity index (χ2v) is 7.62. The Bertz CT molecular complexity index is 874. The van der Waals surface area contributed by atoms with Crippen molar-refractivity contribution in [3.63, 3.8) is 0 Å². The van der Waals surface area contributed by atoms with E-state index in [9.17, 15) is 31.1 Å². The molecule has 0 spiro atoms. The summed E-state index contributed by atoms with van der Waals surface area (Å²) in [6.07, 6.45) is -5.04. The van der Waals surface area contributed by atoms with E-state index in [1.165, 1.54) is 10.7 Å². The Morgan fingerprint density at radius 2 is 1.75 bits per heavy atom. The number of anilines is 1. The van der Waals surface area contributed by atoms with Gasteiger partial charge in [0.25, 0.3) is 5.91 Å². The molecule has 2 aromatic rings. The highest BCUT2D eigenvalue weighted by Crippen LogP contribution is 2.41. The van der Waals surface area contributed by atoms with Crippen molar-refractivity contribution in [2.75, 3.05) is 4.90 Å². The van der Waals surface area contributed by atoms with Gasteiger partial charge in [0.15, 0.2) is 0 Å². The lowest BCUT2D eigenvalue weighted by molar-refractivity contribution is -0.152. The molecule has 0 bridgehead atoms. The summed E-state index contributed by atoms with van der Waals surface area (Å²) in [6, 6.07) is 3.07. The highest BCUT2D eigenvalue weighted by atomic mass is 32.2. The molecule has 1 aromatic heterocycles. The lowest BCUT2D eigenvalue weighted by Crippen LogP contribution is -2.53. The van der Waals surface area contributed by atoms with Crippen molar-refractivity contribution < 1.29 is 31.1 Å². The Balaban J connectivity index is 1.98. The normalized spacial score (nSPS) is 20.2. The maximum Gasteiger partial charge on any atom is 0.446 e. The molecule has 0 radical (unpaired) electrons. The van der Waals surface area contributed by atoms with E-state index in [4.69, 9.17) is 0 Å². The van der Waals surface area contributed by atoms with Gasteiger partial charge in [-0.25, -0.2) is 4.68 Å². The fourth-order valence-electron chi connectivity index (χ4n) is 3.16. The molecule has 1 aliphatic heterocycles. The predicted octanol–water partition coefficient (Wildman–Crippen LogP) is 5.35. The van der Waals surface area contributed by atoms with Gasteiger partial charge in [0.2, 0.25) is 0 Å². The fourth-order valence-corrected chi connectivity index (χ4v) is 3.70. The third-order valence-corrected chi connectivity index (χ3v) is 5.05. The molecular formula is C17H15F6N3OS. The number of aromatic nitrogens is 2. The van der Waals surface area contributed by atoms with Crippen LogP contribution in [0.1, 0.15) is 35.4 Å². The first-order valence-electron chi connectivity index (χ1n) is 8.19. The minimum absolute atomic E-state index is 0.0114. The fraction of sp³-hybridized carbons (Fsp3) is 0.412. The first-order valence-corrected chi connectivity index (χ1v) is 9.00. The molecule has 2 atom stereocenters. The molecule has 0 unspecified atom stereocenters. The van der Waals surface area contributed by atoms with Crippen molar-refractivity contribution in [2.45, 2.75) is 48.9 Å². The average Bonchev–Trinajstić information content (AvgIpc) is 2.94. The monoisotopic (exact) mass is 423 g/mol. The number of carbonyl (C=O) groups excluding carboxylic acids is 1. The molecule has 2 heterocycles. The van der Waals surface area contributed by atoms with Crippen LogP contribution in [0.5, 0.6) is 0 Å². The van der Waals surface area contributed by atoms with E-state index >= 15 is 0 Å². The van der Waals surface area contributed by atoms with Crippen LogP contribution < -0.4 is 4.90 Å². The summed E-state index contributed by atoms with van der Waals surface area (Å²) >= 11 is -0.365. The number of amides is 1. The number of carbonyl (C=O) groups is 1. The van der Waals surface area contributed by atoms with Gasteiger partial charge in [-0.1, -0.05) is 0 Å². The van der Waals surface area contributed by atoms with Gasteiger partial charge in [0.05, 0.1) is 11.7 Å². The molecule has 4 nitrogen and oxygen atoms in total. The maximum atomic E-state index is 13.6. The van der Waals surface area contributed by atoms with Crippen LogP contribution >= 0.6 is 11.8 Å². The molecule has 0 saturated carbocycles. The third-order valence-electron chi connectivity index (χ3n) is 4.31. The number of hydrogen-bond acceptors (Lipinski definition) is 3. The molecule has 0 fully saturated rings. The van der Waals surface area contributed by atoms with Crippen LogP contribution in [0.3, 0.4) is 0 Å². The molecule has 0 N–H and O–H groups in total. The van der Waals surface area contributed by atoms with Crippen molar-refractivity contribution in [3.8, 4) is 0 Å². The van der Waals surface area contributed by atoms with Crippen molar-refractivity contribution in [1.82, 2.24) is 9.78 Å². The minimum atomic E-state index is -4.67. The molecule has 28 heavy (non-hydrogen) atoms. The maximum absolute atomic E-state index is 13.6. The average molecular weight is 423 g/mol. The molecule has 1 amide bonds. The third kappa shape index (κ3) is 4.13. The quantitative estimate of drug-likeness (QED) is 0.483. The summed E-state index contributed by atoms with van der Waals surface area (Å²) in [4.78, 5) is 13.4. The van der Waals surface area contributed by atoms with E-state index in [-0.39, 0.29) is 34.5 Å². The van der Waals surface area contributed by atoms with Crippen LogP contribution in [0, 0.1) is 6.92 Å². The highest BCUT2D eigenvalue weighted by molar-refractivity contribution is 8.00. The molecule has 3 rings (SSSR count). The van der Waals surface area contributed by atoms with E-state index in [0.717, 1.165) is 24.3 Å². The topological polar surface area (TPSA) is 38.1 Å². The number of rotatable bonds is 2. The Labute approximate surface area is 160 Å². The predicted molar refractivity (Wildman–Crippen MR) is 91.3 cm³/mol. The molecule has 152 valence electrons. The summed E-state index contributed by atoms with van der Waals surface area (Å²) in [7, 11) is 0. The van der Waals surface area contributed by atoms with Crippen molar-refractivity contribution in [2.24, 2.45) is 0 Å². The molecule has 1 aromatic carbocycles. The number of hydrogen-bond donors (Lipinski definition) is 0. The lowest BCUT2D eigenvalue weighted by atomic mass is 10.0. The molecule has 0 aliphatic carbocycles. The van der Waals surface area contributed by atoms with E-state index in [2.05, 4.69) is 5.10 Å².